The molecule has 0 saturated heterocycles. The standard InChI is InChI=1S/C15H9F6NO/c16-14(17,18)9-6-10(8-4-2-1-3-5-8)12(15(19,20)21)11(7-9)13(22)23/h1-7H,(H2,22,23). The summed E-state index contributed by atoms with van der Waals surface area (Å²) in [7, 11) is 0. The topological polar surface area (TPSA) is 43.1 Å². The van der Waals surface area contributed by atoms with Crippen LogP contribution in [0.3, 0.4) is 0 Å². The van der Waals surface area contributed by atoms with E-state index in [2.05, 4.69) is 0 Å². The molecule has 0 radical (unpaired) electrons. The summed E-state index contributed by atoms with van der Waals surface area (Å²) in [4.78, 5) is 11.3. The second kappa shape index (κ2) is 5.60. The maximum atomic E-state index is 13.3. The molecule has 2 aromatic carbocycles. The smallest absolute Gasteiger partial charge is 0.366 e. The largest absolute Gasteiger partial charge is 0.417 e. The van der Waals surface area contributed by atoms with Gasteiger partial charge in [-0.3, -0.25) is 4.79 Å². The minimum absolute atomic E-state index is 0.103. The predicted octanol–water partition coefficient (Wildman–Crippen LogP) is 4.49. The molecule has 0 spiro atoms. The number of primary amides is 1. The number of alkyl halides is 6. The van der Waals surface area contributed by atoms with Gasteiger partial charge in [-0.1, -0.05) is 30.3 Å². The van der Waals surface area contributed by atoms with Crippen molar-refractivity contribution in [3.63, 3.8) is 0 Å². The molecule has 0 bridgehead atoms. The number of halogens is 6. The van der Waals surface area contributed by atoms with Crippen LogP contribution < -0.4 is 5.73 Å². The molecule has 2 aromatic rings. The van der Waals surface area contributed by atoms with Crippen LogP contribution in [0.4, 0.5) is 26.3 Å². The highest BCUT2D eigenvalue weighted by Crippen LogP contribution is 2.42. The number of amides is 1. The fourth-order valence-corrected chi connectivity index (χ4v) is 2.15. The van der Waals surface area contributed by atoms with Crippen molar-refractivity contribution in [2.75, 3.05) is 0 Å². The average molecular weight is 333 g/mol. The van der Waals surface area contributed by atoms with Crippen LogP contribution in [0.15, 0.2) is 42.5 Å². The molecule has 0 atom stereocenters. The molecule has 0 saturated carbocycles. The summed E-state index contributed by atoms with van der Waals surface area (Å²) in [6.45, 7) is 0. The third-order valence-corrected chi connectivity index (χ3v) is 3.10. The summed E-state index contributed by atoms with van der Waals surface area (Å²) in [6.07, 6.45) is -9.96. The Hall–Kier alpha value is -2.51. The summed E-state index contributed by atoms with van der Waals surface area (Å²) in [5, 5.41) is 0. The lowest BCUT2D eigenvalue weighted by molar-refractivity contribution is -0.141. The molecule has 2 rings (SSSR count). The van der Waals surface area contributed by atoms with Crippen molar-refractivity contribution < 1.29 is 31.1 Å². The average Bonchev–Trinajstić information content (AvgIpc) is 2.44. The zero-order chi connectivity index (χ0) is 17.4. The Labute approximate surface area is 126 Å². The van der Waals surface area contributed by atoms with E-state index in [9.17, 15) is 31.1 Å². The Morgan fingerprint density at radius 2 is 1.43 bits per heavy atom. The molecule has 0 unspecified atom stereocenters. The van der Waals surface area contributed by atoms with Crippen LogP contribution in [0.2, 0.25) is 0 Å². The number of hydrogen-bond acceptors (Lipinski definition) is 1. The van der Waals surface area contributed by atoms with Gasteiger partial charge in [-0.15, -0.1) is 0 Å². The van der Waals surface area contributed by atoms with Crippen LogP contribution in [0.25, 0.3) is 11.1 Å². The number of carbonyl (C=O) groups is 1. The lowest BCUT2D eigenvalue weighted by Crippen LogP contribution is -2.21. The fraction of sp³-hybridized carbons (Fsp3) is 0.133. The molecule has 122 valence electrons. The van der Waals surface area contributed by atoms with Gasteiger partial charge < -0.3 is 5.73 Å². The molecule has 8 heteroatoms. The Balaban J connectivity index is 2.91. The molecule has 0 heterocycles. The highest BCUT2D eigenvalue weighted by atomic mass is 19.4. The van der Waals surface area contributed by atoms with Gasteiger partial charge in [0.15, 0.2) is 0 Å². The fourth-order valence-electron chi connectivity index (χ4n) is 2.15. The van der Waals surface area contributed by atoms with E-state index in [1.54, 1.807) is 0 Å². The first kappa shape index (κ1) is 16.9. The summed E-state index contributed by atoms with van der Waals surface area (Å²) < 4.78 is 78.6. The number of hydrogen-bond donors (Lipinski definition) is 1. The highest BCUT2D eigenvalue weighted by Gasteiger charge is 2.41. The lowest BCUT2D eigenvalue weighted by atomic mass is 9.92. The third kappa shape index (κ3) is 3.46. The van der Waals surface area contributed by atoms with Crippen LogP contribution in [-0.2, 0) is 12.4 Å². The van der Waals surface area contributed by atoms with E-state index in [0.717, 1.165) is 0 Å². The molecule has 0 aliphatic carbocycles. The van der Waals surface area contributed by atoms with Crippen LogP contribution in [-0.4, -0.2) is 5.91 Å². The van der Waals surface area contributed by atoms with Crippen molar-refractivity contribution in [3.05, 3.63) is 59.2 Å². The van der Waals surface area contributed by atoms with Gasteiger partial charge in [-0.2, -0.15) is 26.3 Å². The van der Waals surface area contributed by atoms with Gasteiger partial charge in [0.1, 0.15) is 0 Å². The second-order valence-corrected chi connectivity index (χ2v) is 4.67. The summed E-state index contributed by atoms with van der Waals surface area (Å²) in [5.41, 5.74) is -0.0630. The van der Waals surface area contributed by atoms with E-state index in [4.69, 9.17) is 5.73 Å². The van der Waals surface area contributed by atoms with Crippen molar-refractivity contribution in [1.29, 1.82) is 0 Å². The summed E-state index contributed by atoms with van der Waals surface area (Å²) in [6, 6.07) is 7.17. The van der Waals surface area contributed by atoms with Gasteiger partial charge >= 0.3 is 12.4 Å². The number of rotatable bonds is 2. The monoisotopic (exact) mass is 333 g/mol. The van der Waals surface area contributed by atoms with Crippen LogP contribution in [0.1, 0.15) is 21.5 Å². The molecule has 2 nitrogen and oxygen atoms in total. The van der Waals surface area contributed by atoms with Gasteiger partial charge in [-0.05, 0) is 23.3 Å². The SMILES string of the molecule is NC(=O)c1cc(C(F)(F)F)cc(-c2ccccc2)c1C(F)(F)F. The molecule has 1 amide bonds. The van der Waals surface area contributed by atoms with Gasteiger partial charge in [-0.25, -0.2) is 0 Å². The quantitative estimate of drug-likeness (QED) is 0.809. The molecule has 2 N–H and O–H groups in total. The minimum Gasteiger partial charge on any atom is -0.366 e. The van der Waals surface area contributed by atoms with E-state index in [0.29, 0.717) is 6.07 Å². The van der Waals surface area contributed by atoms with Gasteiger partial charge in [0.25, 0.3) is 0 Å². The van der Waals surface area contributed by atoms with Gasteiger partial charge in [0.2, 0.25) is 5.91 Å². The van der Waals surface area contributed by atoms with Crippen molar-refractivity contribution >= 4 is 5.91 Å². The normalized spacial score (nSPS) is 12.3. The third-order valence-electron chi connectivity index (χ3n) is 3.10. The predicted molar refractivity (Wildman–Crippen MR) is 70.4 cm³/mol. The van der Waals surface area contributed by atoms with Crippen LogP contribution >= 0.6 is 0 Å². The van der Waals surface area contributed by atoms with Crippen molar-refractivity contribution in [1.82, 2.24) is 0 Å². The summed E-state index contributed by atoms with van der Waals surface area (Å²) >= 11 is 0. The first-order valence-corrected chi connectivity index (χ1v) is 6.19. The highest BCUT2D eigenvalue weighted by molar-refractivity contribution is 5.97. The Kier molecular flexibility index (Phi) is 4.10. The van der Waals surface area contributed by atoms with E-state index < -0.39 is 40.5 Å². The molecule has 0 aromatic heterocycles. The first-order chi connectivity index (χ1) is 10.5. The maximum Gasteiger partial charge on any atom is 0.417 e. The molecular formula is C15H9F6NO. The van der Waals surface area contributed by atoms with Crippen molar-refractivity contribution in [2.45, 2.75) is 12.4 Å². The van der Waals surface area contributed by atoms with E-state index in [-0.39, 0.29) is 11.6 Å². The maximum absolute atomic E-state index is 13.3. The van der Waals surface area contributed by atoms with Gasteiger partial charge in [0, 0.05) is 0 Å². The van der Waals surface area contributed by atoms with E-state index in [1.165, 1.54) is 30.3 Å². The number of carbonyl (C=O) groups excluding carboxylic acids is 1. The summed E-state index contributed by atoms with van der Waals surface area (Å²) in [5.74, 6) is -1.58. The van der Waals surface area contributed by atoms with Gasteiger partial charge in [0.05, 0.1) is 16.7 Å². The van der Waals surface area contributed by atoms with E-state index in [1.807, 2.05) is 0 Å². The molecular weight excluding hydrogens is 324 g/mol. The van der Waals surface area contributed by atoms with Crippen LogP contribution in [0, 0.1) is 0 Å². The number of nitrogens with two attached hydrogens (primary N) is 1. The Bertz CT molecular complexity index is 734. The Morgan fingerprint density at radius 1 is 0.870 bits per heavy atom. The zero-order valence-corrected chi connectivity index (χ0v) is 11.3. The molecule has 23 heavy (non-hydrogen) atoms. The minimum atomic E-state index is -5.04. The molecule has 0 aliphatic heterocycles. The van der Waals surface area contributed by atoms with E-state index >= 15 is 0 Å². The number of benzene rings is 2. The molecule has 0 aliphatic rings. The first-order valence-electron chi connectivity index (χ1n) is 6.19. The van der Waals surface area contributed by atoms with Crippen molar-refractivity contribution in [2.24, 2.45) is 5.73 Å². The second-order valence-electron chi connectivity index (χ2n) is 4.67. The lowest BCUT2D eigenvalue weighted by Gasteiger charge is -2.19. The van der Waals surface area contributed by atoms with Crippen molar-refractivity contribution in [3.8, 4) is 11.1 Å². The molecule has 0 fully saturated rings. The Morgan fingerprint density at radius 3 is 1.87 bits per heavy atom. The van der Waals surface area contributed by atoms with Crippen LogP contribution in [0.5, 0.6) is 0 Å². The zero-order valence-electron chi connectivity index (χ0n) is 11.3.